The van der Waals surface area contributed by atoms with Gasteiger partial charge in [-0.3, -0.25) is 0 Å². The van der Waals surface area contributed by atoms with Gasteiger partial charge < -0.3 is 9.84 Å². The molecule has 5 heteroatoms. The van der Waals surface area contributed by atoms with Gasteiger partial charge in [-0.1, -0.05) is 29.4 Å². The Labute approximate surface area is 121 Å². The van der Waals surface area contributed by atoms with E-state index in [0.717, 1.165) is 10.5 Å². The van der Waals surface area contributed by atoms with Crippen molar-refractivity contribution in [1.82, 2.24) is 4.98 Å². The zero-order valence-corrected chi connectivity index (χ0v) is 12.2. The lowest BCUT2D eigenvalue weighted by atomic mass is 10.1. The van der Waals surface area contributed by atoms with Gasteiger partial charge in [0.25, 0.3) is 0 Å². The van der Waals surface area contributed by atoms with Crippen molar-refractivity contribution >= 4 is 23.4 Å². The maximum Gasteiger partial charge on any atom is 0.125 e. The largest absolute Gasteiger partial charge is 0.496 e. The Morgan fingerprint density at radius 1 is 1.32 bits per heavy atom. The van der Waals surface area contributed by atoms with E-state index in [0.29, 0.717) is 15.8 Å². The molecule has 19 heavy (non-hydrogen) atoms. The summed E-state index contributed by atoms with van der Waals surface area (Å²) in [7, 11) is 1.59. The van der Waals surface area contributed by atoms with Crippen molar-refractivity contribution in [2.75, 3.05) is 7.11 Å². The summed E-state index contributed by atoms with van der Waals surface area (Å²) in [5.41, 5.74) is 0.747. The molecule has 1 aromatic carbocycles. The normalized spacial score (nSPS) is 12.2. The Balaban J connectivity index is 2.43. The molecule has 1 heterocycles. The number of aromatic nitrogens is 1. The number of methoxy groups -OCH3 is 1. The third-order valence-corrected chi connectivity index (χ3v) is 4.11. The van der Waals surface area contributed by atoms with Gasteiger partial charge in [-0.15, -0.1) is 0 Å². The number of hydrogen-bond donors (Lipinski definition) is 1. The van der Waals surface area contributed by atoms with Crippen LogP contribution in [0.4, 0.5) is 0 Å². The first-order valence-corrected chi connectivity index (χ1v) is 6.96. The number of ether oxygens (including phenoxy) is 1. The molecule has 1 N–H and O–H groups in total. The molecule has 0 fully saturated rings. The minimum atomic E-state index is -0.624. The lowest BCUT2D eigenvalue weighted by molar-refractivity contribution is 0.191. The summed E-state index contributed by atoms with van der Waals surface area (Å²) >= 11 is 7.52. The first-order valence-electron chi connectivity index (χ1n) is 5.76. The summed E-state index contributed by atoms with van der Waals surface area (Å²) in [6, 6.07) is 9.20. The van der Waals surface area contributed by atoms with Crippen molar-refractivity contribution in [3.05, 3.63) is 47.1 Å². The van der Waals surface area contributed by atoms with Gasteiger partial charge in [0.1, 0.15) is 10.8 Å². The van der Waals surface area contributed by atoms with Crippen LogP contribution in [0.5, 0.6) is 5.75 Å². The van der Waals surface area contributed by atoms with Gasteiger partial charge in [0.05, 0.1) is 18.2 Å². The summed E-state index contributed by atoms with van der Waals surface area (Å²) in [5.74, 6) is 0.659. The highest BCUT2D eigenvalue weighted by Gasteiger charge is 2.16. The van der Waals surface area contributed by atoms with E-state index in [-0.39, 0.29) is 0 Å². The topological polar surface area (TPSA) is 42.4 Å². The van der Waals surface area contributed by atoms with E-state index in [4.69, 9.17) is 16.3 Å². The molecule has 0 amide bonds. The van der Waals surface area contributed by atoms with Crippen LogP contribution in [0.2, 0.25) is 5.02 Å². The van der Waals surface area contributed by atoms with Crippen LogP contribution in [0.25, 0.3) is 0 Å². The molecule has 0 aliphatic carbocycles. The number of benzene rings is 1. The molecular formula is C14H14ClNO2S. The van der Waals surface area contributed by atoms with Crippen molar-refractivity contribution in [1.29, 1.82) is 0 Å². The number of nitrogens with zero attached hydrogens (tertiary/aromatic N) is 1. The summed E-state index contributed by atoms with van der Waals surface area (Å²) in [4.78, 5) is 5.12. The predicted octanol–water partition coefficient (Wildman–Crippen LogP) is 3.95. The summed E-state index contributed by atoms with van der Waals surface area (Å²) < 4.78 is 5.29. The Morgan fingerprint density at radius 3 is 2.74 bits per heavy atom. The quantitative estimate of drug-likeness (QED) is 0.927. The molecule has 0 spiro atoms. The Kier molecular flexibility index (Phi) is 4.69. The van der Waals surface area contributed by atoms with Gasteiger partial charge in [-0.25, -0.2) is 4.98 Å². The number of halogens is 1. The van der Waals surface area contributed by atoms with E-state index in [9.17, 15) is 5.11 Å². The number of aliphatic hydroxyl groups is 1. The molecule has 1 atom stereocenters. The second-order valence-electron chi connectivity index (χ2n) is 3.94. The molecular weight excluding hydrogens is 282 g/mol. The van der Waals surface area contributed by atoms with E-state index >= 15 is 0 Å². The molecule has 0 saturated carbocycles. The van der Waals surface area contributed by atoms with Crippen LogP contribution in [0.3, 0.4) is 0 Å². The molecule has 3 nitrogen and oxygen atoms in total. The van der Waals surface area contributed by atoms with Gasteiger partial charge in [0, 0.05) is 16.7 Å². The van der Waals surface area contributed by atoms with Gasteiger partial charge in [0.15, 0.2) is 0 Å². The van der Waals surface area contributed by atoms with Crippen molar-refractivity contribution in [3.63, 3.8) is 0 Å². The van der Waals surface area contributed by atoms with Crippen LogP contribution in [0, 0.1) is 0 Å². The first kappa shape index (κ1) is 14.2. The van der Waals surface area contributed by atoms with Crippen LogP contribution in [-0.2, 0) is 0 Å². The van der Waals surface area contributed by atoms with Crippen molar-refractivity contribution in [3.8, 4) is 5.75 Å². The average molecular weight is 296 g/mol. The highest BCUT2D eigenvalue weighted by Crippen LogP contribution is 2.39. The standard InChI is InChI=1S/C14H14ClNO2S/c1-9(17)13-11(18-2)6-3-7-12(13)19-14-10(15)5-4-8-16-14/h3-9,17H,1-2H3/t9-/m0/s1. The molecule has 2 aromatic rings. The van der Waals surface area contributed by atoms with Crippen molar-refractivity contribution in [2.45, 2.75) is 22.9 Å². The highest BCUT2D eigenvalue weighted by atomic mass is 35.5. The third kappa shape index (κ3) is 3.21. The second kappa shape index (κ2) is 6.28. The lowest BCUT2D eigenvalue weighted by Gasteiger charge is -2.15. The predicted molar refractivity (Wildman–Crippen MR) is 77.0 cm³/mol. The van der Waals surface area contributed by atoms with Crippen LogP contribution >= 0.6 is 23.4 Å². The minimum Gasteiger partial charge on any atom is -0.496 e. The SMILES string of the molecule is COc1cccc(Sc2ncccc2Cl)c1[C@H](C)O. The first-order chi connectivity index (χ1) is 9.13. The van der Waals surface area contributed by atoms with Crippen LogP contribution < -0.4 is 4.74 Å². The van der Waals surface area contributed by atoms with E-state index in [1.165, 1.54) is 11.8 Å². The van der Waals surface area contributed by atoms with E-state index < -0.39 is 6.10 Å². The third-order valence-electron chi connectivity index (χ3n) is 2.60. The van der Waals surface area contributed by atoms with Gasteiger partial charge in [-0.2, -0.15) is 0 Å². The highest BCUT2D eigenvalue weighted by molar-refractivity contribution is 7.99. The van der Waals surface area contributed by atoms with Crippen molar-refractivity contribution < 1.29 is 9.84 Å². The van der Waals surface area contributed by atoms with Gasteiger partial charge >= 0.3 is 0 Å². The molecule has 0 aliphatic heterocycles. The number of pyridine rings is 1. The molecule has 1 aromatic heterocycles. The monoisotopic (exact) mass is 295 g/mol. The zero-order chi connectivity index (χ0) is 13.8. The maximum absolute atomic E-state index is 9.92. The minimum absolute atomic E-state index is 0.590. The fraction of sp³-hybridized carbons (Fsp3) is 0.214. The van der Waals surface area contributed by atoms with Crippen LogP contribution in [0.15, 0.2) is 46.5 Å². The van der Waals surface area contributed by atoms with Gasteiger partial charge in [0.2, 0.25) is 0 Å². The Morgan fingerprint density at radius 2 is 2.11 bits per heavy atom. The molecule has 0 bridgehead atoms. The second-order valence-corrected chi connectivity index (χ2v) is 5.38. The Hall–Kier alpha value is -1.23. The number of hydrogen-bond acceptors (Lipinski definition) is 4. The summed E-state index contributed by atoms with van der Waals surface area (Å²) in [6.45, 7) is 1.71. The average Bonchev–Trinajstić information content (AvgIpc) is 2.40. The zero-order valence-electron chi connectivity index (χ0n) is 10.6. The summed E-state index contributed by atoms with van der Waals surface area (Å²) in [5, 5.41) is 11.2. The molecule has 2 rings (SSSR count). The smallest absolute Gasteiger partial charge is 0.125 e. The maximum atomic E-state index is 9.92. The molecule has 0 unspecified atom stereocenters. The van der Waals surface area contributed by atoms with Crippen LogP contribution in [-0.4, -0.2) is 17.2 Å². The fourth-order valence-corrected chi connectivity index (χ4v) is 3.01. The number of rotatable bonds is 4. The summed E-state index contributed by atoms with van der Waals surface area (Å²) in [6.07, 6.45) is 1.07. The lowest BCUT2D eigenvalue weighted by Crippen LogP contribution is -1.99. The van der Waals surface area contributed by atoms with E-state index in [1.54, 1.807) is 32.4 Å². The molecule has 0 radical (unpaired) electrons. The van der Waals surface area contributed by atoms with Crippen LogP contribution in [0.1, 0.15) is 18.6 Å². The fourth-order valence-electron chi connectivity index (χ4n) is 1.75. The van der Waals surface area contributed by atoms with E-state index in [1.807, 2.05) is 18.2 Å². The molecule has 100 valence electrons. The van der Waals surface area contributed by atoms with Gasteiger partial charge in [-0.05, 0) is 31.2 Å². The Bertz CT molecular complexity index is 575. The molecule has 0 saturated heterocycles. The number of aliphatic hydroxyl groups excluding tert-OH is 1. The molecule has 0 aliphatic rings. The van der Waals surface area contributed by atoms with E-state index in [2.05, 4.69) is 4.98 Å². The van der Waals surface area contributed by atoms with Crippen molar-refractivity contribution in [2.24, 2.45) is 0 Å².